The molecule has 2 aromatic carbocycles. The lowest BCUT2D eigenvalue weighted by Gasteiger charge is -2.12. The Balaban J connectivity index is 1.90. The van der Waals surface area contributed by atoms with Crippen molar-refractivity contribution in [1.29, 1.82) is 0 Å². The van der Waals surface area contributed by atoms with Crippen LogP contribution in [0.25, 0.3) is 6.08 Å². The highest BCUT2D eigenvalue weighted by atomic mass is 16.5. The minimum Gasteiger partial charge on any atom is -0.490 e. The molecule has 0 radical (unpaired) electrons. The van der Waals surface area contributed by atoms with Crippen molar-refractivity contribution in [3.63, 3.8) is 0 Å². The summed E-state index contributed by atoms with van der Waals surface area (Å²) in [5, 5.41) is 2.76. The molecule has 6 heteroatoms. The Labute approximate surface area is 184 Å². The van der Waals surface area contributed by atoms with Gasteiger partial charge in [0.2, 0.25) is 0 Å². The van der Waals surface area contributed by atoms with Crippen molar-refractivity contribution >= 4 is 23.6 Å². The van der Waals surface area contributed by atoms with E-state index in [4.69, 9.17) is 14.2 Å². The number of esters is 1. The van der Waals surface area contributed by atoms with Crippen molar-refractivity contribution in [1.82, 2.24) is 0 Å². The van der Waals surface area contributed by atoms with Crippen LogP contribution in [0.4, 0.5) is 5.69 Å². The molecule has 31 heavy (non-hydrogen) atoms. The summed E-state index contributed by atoms with van der Waals surface area (Å²) in [5.41, 5.74) is 3.45. The molecule has 0 aromatic heterocycles. The van der Waals surface area contributed by atoms with Gasteiger partial charge >= 0.3 is 5.97 Å². The Morgan fingerprint density at radius 2 is 1.81 bits per heavy atom. The number of unbranched alkanes of at least 4 members (excludes halogenated alkanes) is 1. The molecule has 0 bridgehead atoms. The molecule has 0 fully saturated rings. The van der Waals surface area contributed by atoms with E-state index in [1.165, 1.54) is 6.08 Å². The highest BCUT2D eigenvalue weighted by molar-refractivity contribution is 5.95. The van der Waals surface area contributed by atoms with Gasteiger partial charge in [-0.05, 0) is 68.2 Å². The summed E-state index contributed by atoms with van der Waals surface area (Å²) in [7, 11) is 0. The standard InChI is InChI=1S/C25H31NO5/c1-5-7-14-30-22-12-10-20(16-23(22)29-6-2)11-13-25(28)31-17-24(27)26-21-15-18(3)8-9-19(21)4/h8-13,15-16H,5-7,14,17H2,1-4H3,(H,26,27)/b13-11+. The van der Waals surface area contributed by atoms with Crippen molar-refractivity contribution in [2.24, 2.45) is 0 Å². The molecule has 0 saturated carbocycles. The number of carbonyl (C=O) groups excluding carboxylic acids is 2. The van der Waals surface area contributed by atoms with E-state index in [2.05, 4.69) is 12.2 Å². The Morgan fingerprint density at radius 3 is 2.55 bits per heavy atom. The maximum Gasteiger partial charge on any atom is 0.331 e. The maximum absolute atomic E-state index is 12.1. The first-order valence-electron chi connectivity index (χ1n) is 10.5. The van der Waals surface area contributed by atoms with Gasteiger partial charge in [-0.15, -0.1) is 0 Å². The number of aryl methyl sites for hydroxylation is 2. The van der Waals surface area contributed by atoms with Crippen molar-refractivity contribution in [2.75, 3.05) is 25.1 Å². The first-order chi connectivity index (χ1) is 14.9. The molecule has 1 amide bonds. The molecular weight excluding hydrogens is 394 g/mol. The van der Waals surface area contributed by atoms with Gasteiger partial charge in [-0.2, -0.15) is 0 Å². The van der Waals surface area contributed by atoms with Crippen LogP contribution in [0.3, 0.4) is 0 Å². The van der Waals surface area contributed by atoms with E-state index in [-0.39, 0.29) is 12.5 Å². The van der Waals surface area contributed by atoms with Crippen molar-refractivity contribution in [3.8, 4) is 11.5 Å². The number of carbonyl (C=O) groups is 2. The third-order valence-electron chi connectivity index (χ3n) is 4.45. The number of nitrogens with one attached hydrogen (secondary N) is 1. The fraction of sp³-hybridized carbons (Fsp3) is 0.360. The lowest BCUT2D eigenvalue weighted by molar-refractivity contribution is -0.142. The average Bonchev–Trinajstić information content (AvgIpc) is 2.75. The van der Waals surface area contributed by atoms with Crippen molar-refractivity contribution in [3.05, 3.63) is 59.2 Å². The highest BCUT2D eigenvalue weighted by Gasteiger charge is 2.09. The minimum absolute atomic E-state index is 0.356. The van der Waals surface area contributed by atoms with Crippen LogP contribution < -0.4 is 14.8 Å². The maximum atomic E-state index is 12.1. The third-order valence-corrected chi connectivity index (χ3v) is 4.45. The fourth-order valence-corrected chi connectivity index (χ4v) is 2.75. The van der Waals surface area contributed by atoms with E-state index >= 15 is 0 Å². The molecule has 0 aliphatic carbocycles. The van der Waals surface area contributed by atoms with Crippen LogP contribution in [0.5, 0.6) is 11.5 Å². The van der Waals surface area contributed by atoms with Gasteiger partial charge in [0.05, 0.1) is 13.2 Å². The second-order valence-electron chi connectivity index (χ2n) is 7.15. The summed E-state index contributed by atoms with van der Waals surface area (Å²) >= 11 is 0. The average molecular weight is 426 g/mol. The molecule has 0 aliphatic heterocycles. The third kappa shape index (κ3) is 8.16. The van der Waals surface area contributed by atoms with Gasteiger partial charge < -0.3 is 19.5 Å². The number of benzene rings is 2. The zero-order valence-electron chi connectivity index (χ0n) is 18.7. The first kappa shape index (κ1) is 24.0. The molecular formula is C25H31NO5. The van der Waals surface area contributed by atoms with Crippen molar-refractivity contribution in [2.45, 2.75) is 40.5 Å². The summed E-state index contributed by atoms with van der Waals surface area (Å²) in [6.07, 6.45) is 4.92. The molecule has 2 rings (SSSR count). The molecule has 0 unspecified atom stereocenters. The summed E-state index contributed by atoms with van der Waals surface area (Å²) in [4.78, 5) is 24.1. The van der Waals surface area contributed by atoms with Crippen LogP contribution in [-0.2, 0) is 14.3 Å². The quantitative estimate of drug-likeness (QED) is 0.309. The molecule has 2 aromatic rings. The Bertz CT molecular complexity index is 920. The molecule has 6 nitrogen and oxygen atoms in total. The van der Waals surface area contributed by atoms with E-state index in [1.807, 2.05) is 57.2 Å². The van der Waals surface area contributed by atoms with Gasteiger partial charge in [0.15, 0.2) is 18.1 Å². The molecule has 0 spiro atoms. The second-order valence-corrected chi connectivity index (χ2v) is 7.15. The molecule has 0 saturated heterocycles. The monoisotopic (exact) mass is 425 g/mol. The topological polar surface area (TPSA) is 73.9 Å². The van der Waals surface area contributed by atoms with Crippen LogP contribution >= 0.6 is 0 Å². The van der Waals surface area contributed by atoms with E-state index in [0.717, 1.165) is 29.5 Å². The minimum atomic E-state index is -0.600. The van der Waals surface area contributed by atoms with E-state index in [0.29, 0.717) is 30.4 Å². The summed E-state index contributed by atoms with van der Waals surface area (Å²) in [6, 6.07) is 11.2. The SMILES string of the molecule is CCCCOc1ccc(/C=C/C(=O)OCC(=O)Nc2cc(C)ccc2C)cc1OCC. The number of rotatable bonds is 11. The zero-order valence-corrected chi connectivity index (χ0v) is 18.7. The van der Waals surface area contributed by atoms with Gasteiger partial charge in [0.25, 0.3) is 5.91 Å². The van der Waals surface area contributed by atoms with Gasteiger partial charge in [0, 0.05) is 11.8 Å². The Morgan fingerprint density at radius 1 is 1.00 bits per heavy atom. The largest absolute Gasteiger partial charge is 0.490 e. The number of amides is 1. The summed E-state index contributed by atoms with van der Waals surface area (Å²) < 4.78 is 16.4. The smallest absolute Gasteiger partial charge is 0.331 e. The van der Waals surface area contributed by atoms with Gasteiger partial charge in [-0.1, -0.05) is 31.5 Å². The molecule has 1 N–H and O–H groups in total. The summed E-state index contributed by atoms with van der Waals surface area (Å²) in [5.74, 6) is 0.320. The molecule has 0 atom stereocenters. The van der Waals surface area contributed by atoms with Gasteiger partial charge in [-0.25, -0.2) is 4.79 Å². The predicted molar refractivity (Wildman–Crippen MR) is 123 cm³/mol. The Hall–Kier alpha value is -3.28. The van der Waals surface area contributed by atoms with Crippen molar-refractivity contribution < 1.29 is 23.8 Å². The predicted octanol–water partition coefficient (Wildman–Crippen LogP) is 5.08. The number of ether oxygens (including phenoxy) is 3. The number of hydrogen-bond donors (Lipinski definition) is 1. The van der Waals surface area contributed by atoms with Crippen LogP contribution in [0.1, 0.15) is 43.4 Å². The lowest BCUT2D eigenvalue weighted by atomic mass is 10.1. The van der Waals surface area contributed by atoms with Gasteiger partial charge in [-0.3, -0.25) is 4.79 Å². The van der Waals surface area contributed by atoms with E-state index < -0.39 is 5.97 Å². The highest BCUT2D eigenvalue weighted by Crippen LogP contribution is 2.29. The normalized spacial score (nSPS) is 10.7. The van der Waals surface area contributed by atoms with E-state index in [9.17, 15) is 9.59 Å². The molecule has 0 heterocycles. The fourth-order valence-electron chi connectivity index (χ4n) is 2.75. The number of anilines is 1. The Kier molecular flexibility index (Phi) is 9.62. The van der Waals surface area contributed by atoms with Gasteiger partial charge in [0.1, 0.15) is 0 Å². The second kappa shape index (κ2) is 12.4. The van der Waals surface area contributed by atoms with Crippen LogP contribution in [0.2, 0.25) is 0 Å². The summed E-state index contributed by atoms with van der Waals surface area (Å²) in [6.45, 7) is 8.63. The zero-order chi connectivity index (χ0) is 22.6. The lowest BCUT2D eigenvalue weighted by Crippen LogP contribution is -2.20. The van der Waals surface area contributed by atoms with Crippen LogP contribution in [0.15, 0.2) is 42.5 Å². The number of hydrogen-bond acceptors (Lipinski definition) is 5. The van der Waals surface area contributed by atoms with Crippen LogP contribution in [0, 0.1) is 13.8 Å². The van der Waals surface area contributed by atoms with Crippen LogP contribution in [-0.4, -0.2) is 31.7 Å². The first-order valence-corrected chi connectivity index (χ1v) is 10.5. The molecule has 166 valence electrons. The van der Waals surface area contributed by atoms with E-state index in [1.54, 1.807) is 6.08 Å². The molecule has 0 aliphatic rings.